The van der Waals surface area contributed by atoms with Crippen molar-refractivity contribution >= 4 is 34.5 Å². The molecular weight excluding hydrogens is 396 g/mol. The van der Waals surface area contributed by atoms with E-state index in [-0.39, 0.29) is 11.8 Å². The van der Waals surface area contributed by atoms with E-state index < -0.39 is 0 Å². The molecule has 7 heteroatoms. The summed E-state index contributed by atoms with van der Waals surface area (Å²) in [6.45, 7) is 4.60. The van der Waals surface area contributed by atoms with E-state index in [1.165, 1.54) is 16.2 Å². The highest BCUT2D eigenvalue weighted by Gasteiger charge is 2.35. The van der Waals surface area contributed by atoms with Crippen LogP contribution in [0.5, 0.6) is 0 Å². The molecule has 0 fully saturated rings. The first-order valence-electron chi connectivity index (χ1n) is 9.83. The van der Waals surface area contributed by atoms with Gasteiger partial charge in [-0.15, -0.1) is 11.3 Å². The van der Waals surface area contributed by atoms with Gasteiger partial charge in [0, 0.05) is 17.5 Å². The SMILES string of the molecule is CC(C)CCN1C(=O)c2ccc(C=NNc3nc(-c4ccccc4)cs3)cc2C1=O. The predicted molar refractivity (Wildman–Crippen MR) is 120 cm³/mol. The van der Waals surface area contributed by atoms with E-state index in [9.17, 15) is 9.59 Å². The van der Waals surface area contributed by atoms with Crippen LogP contribution in [0.2, 0.25) is 0 Å². The van der Waals surface area contributed by atoms with Crippen molar-refractivity contribution in [2.24, 2.45) is 11.0 Å². The number of anilines is 1. The van der Waals surface area contributed by atoms with Crippen LogP contribution in [-0.2, 0) is 0 Å². The summed E-state index contributed by atoms with van der Waals surface area (Å²) in [5.41, 5.74) is 6.51. The van der Waals surface area contributed by atoms with E-state index in [2.05, 4.69) is 29.4 Å². The smallest absolute Gasteiger partial charge is 0.261 e. The highest BCUT2D eigenvalue weighted by atomic mass is 32.1. The van der Waals surface area contributed by atoms with Gasteiger partial charge in [-0.1, -0.05) is 50.2 Å². The molecule has 2 amide bonds. The minimum absolute atomic E-state index is 0.214. The Morgan fingerprint density at radius 2 is 1.87 bits per heavy atom. The fourth-order valence-electron chi connectivity index (χ4n) is 3.21. The molecule has 1 aromatic heterocycles. The first-order chi connectivity index (χ1) is 14.5. The molecule has 30 heavy (non-hydrogen) atoms. The number of carbonyl (C=O) groups excluding carboxylic acids is 2. The molecular formula is C23H22N4O2S. The average molecular weight is 419 g/mol. The molecule has 0 unspecified atom stereocenters. The van der Waals surface area contributed by atoms with Gasteiger partial charge in [-0.05, 0) is 30.0 Å². The molecule has 3 aromatic rings. The third-order valence-corrected chi connectivity index (χ3v) is 5.62. The number of fused-ring (bicyclic) bond motifs is 1. The van der Waals surface area contributed by atoms with Crippen LogP contribution in [0.25, 0.3) is 11.3 Å². The number of hydrogen-bond acceptors (Lipinski definition) is 6. The molecule has 0 spiro atoms. The molecule has 0 aliphatic carbocycles. The number of imide groups is 1. The van der Waals surface area contributed by atoms with Gasteiger partial charge in [0.2, 0.25) is 5.13 Å². The van der Waals surface area contributed by atoms with Crippen molar-refractivity contribution in [3.05, 3.63) is 70.6 Å². The number of rotatable bonds is 7. The highest BCUT2D eigenvalue weighted by molar-refractivity contribution is 7.14. The Morgan fingerprint density at radius 3 is 2.63 bits per heavy atom. The van der Waals surface area contributed by atoms with Gasteiger partial charge >= 0.3 is 0 Å². The summed E-state index contributed by atoms with van der Waals surface area (Å²) in [5.74, 6) is -0.0175. The number of nitrogens with zero attached hydrogens (tertiary/aromatic N) is 3. The fraction of sp³-hybridized carbons (Fsp3) is 0.217. The second-order valence-corrected chi connectivity index (χ2v) is 8.38. The number of hydrazone groups is 1. The topological polar surface area (TPSA) is 74.7 Å². The largest absolute Gasteiger partial charge is 0.274 e. The maximum absolute atomic E-state index is 12.6. The van der Waals surface area contributed by atoms with Crippen molar-refractivity contribution in [1.29, 1.82) is 0 Å². The van der Waals surface area contributed by atoms with Crippen molar-refractivity contribution < 1.29 is 9.59 Å². The summed E-state index contributed by atoms with van der Waals surface area (Å²) in [7, 11) is 0. The van der Waals surface area contributed by atoms with Crippen LogP contribution < -0.4 is 5.43 Å². The minimum Gasteiger partial charge on any atom is -0.274 e. The van der Waals surface area contributed by atoms with Crippen LogP contribution in [0, 0.1) is 5.92 Å². The van der Waals surface area contributed by atoms with E-state index in [1.807, 2.05) is 35.7 Å². The standard InChI is InChI=1S/C23H22N4O2S/c1-15(2)10-11-27-21(28)18-9-8-16(12-19(18)22(27)29)13-24-26-23-25-20(14-30-23)17-6-4-3-5-7-17/h3-9,12-15H,10-11H2,1-2H3,(H,25,26). The predicted octanol–water partition coefficient (Wildman–Crippen LogP) is 4.90. The monoisotopic (exact) mass is 418 g/mol. The molecule has 0 bridgehead atoms. The van der Waals surface area contributed by atoms with Gasteiger partial charge in [-0.3, -0.25) is 19.9 Å². The van der Waals surface area contributed by atoms with Crippen LogP contribution in [0.1, 0.15) is 46.5 Å². The summed E-state index contributed by atoms with van der Waals surface area (Å²) >= 11 is 1.47. The zero-order chi connectivity index (χ0) is 21.1. The molecule has 0 atom stereocenters. The summed E-state index contributed by atoms with van der Waals surface area (Å²) in [4.78, 5) is 31.0. The molecule has 152 valence electrons. The van der Waals surface area contributed by atoms with Crippen molar-refractivity contribution in [3.8, 4) is 11.3 Å². The molecule has 0 saturated carbocycles. The number of aromatic nitrogens is 1. The highest BCUT2D eigenvalue weighted by Crippen LogP contribution is 2.26. The zero-order valence-electron chi connectivity index (χ0n) is 16.8. The van der Waals surface area contributed by atoms with Crippen LogP contribution in [0.15, 0.2) is 59.0 Å². The van der Waals surface area contributed by atoms with E-state index in [0.717, 1.165) is 23.2 Å². The molecule has 1 aliphatic rings. The molecule has 2 heterocycles. The molecule has 1 aliphatic heterocycles. The number of carbonyl (C=O) groups is 2. The first-order valence-corrected chi connectivity index (χ1v) is 10.7. The van der Waals surface area contributed by atoms with E-state index >= 15 is 0 Å². The van der Waals surface area contributed by atoms with Gasteiger partial charge in [0.15, 0.2) is 0 Å². The molecule has 0 saturated heterocycles. The third-order valence-electron chi connectivity index (χ3n) is 4.87. The fourth-order valence-corrected chi connectivity index (χ4v) is 3.88. The Morgan fingerprint density at radius 1 is 1.10 bits per heavy atom. The number of nitrogens with one attached hydrogen (secondary N) is 1. The lowest BCUT2D eigenvalue weighted by Crippen LogP contribution is -2.31. The van der Waals surface area contributed by atoms with Crippen molar-refractivity contribution in [2.45, 2.75) is 20.3 Å². The van der Waals surface area contributed by atoms with Crippen molar-refractivity contribution in [2.75, 3.05) is 12.0 Å². The number of hydrogen-bond donors (Lipinski definition) is 1. The van der Waals surface area contributed by atoms with Gasteiger partial charge in [-0.2, -0.15) is 5.10 Å². The first kappa shape index (κ1) is 20.0. The average Bonchev–Trinajstić information content (AvgIpc) is 3.31. The summed E-state index contributed by atoms with van der Waals surface area (Å²) in [6.07, 6.45) is 2.42. The lowest BCUT2D eigenvalue weighted by Gasteiger charge is -2.14. The molecule has 4 rings (SSSR count). The van der Waals surface area contributed by atoms with Crippen LogP contribution >= 0.6 is 11.3 Å². The lowest BCUT2D eigenvalue weighted by atomic mass is 10.1. The second kappa shape index (κ2) is 8.59. The van der Waals surface area contributed by atoms with Crippen LogP contribution in [0.3, 0.4) is 0 Å². The molecule has 0 radical (unpaired) electrons. The maximum atomic E-state index is 12.6. The van der Waals surface area contributed by atoms with Crippen molar-refractivity contribution in [3.63, 3.8) is 0 Å². The van der Waals surface area contributed by atoms with E-state index in [0.29, 0.717) is 28.7 Å². The second-order valence-electron chi connectivity index (χ2n) is 7.52. The molecule has 1 N–H and O–H groups in total. The minimum atomic E-state index is -0.230. The zero-order valence-corrected chi connectivity index (χ0v) is 17.6. The van der Waals surface area contributed by atoms with Crippen LogP contribution in [-0.4, -0.2) is 34.5 Å². The van der Waals surface area contributed by atoms with Gasteiger partial charge in [0.1, 0.15) is 0 Å². The number of thiazole rings is 1. The van der Waals surface area contributed by atoms with Gasteiger partial charge in [-0.25, -0.2) is 4.98 Å². The van der Waals surface area contributed by atoms with Crippen LogP contribution in [0.4, 0.5) is 5.13 Å². The molecule has 2 aromatic carbocycles. The Balaban J connectivity index is 1.43. The molecule has 6 nitrogen and oxygen atoms in total. The van der Waals surface area contributed by atoms with Gasteiger partial charge in [0.25, 0.3) is 11.8 Å². The van der Waals surface area contributed by atoms with E-state index in [4.69, 9.17) is 0 Å². The normalized spacial score (nSPS) is 13.5. The maximum Gasteiger partial charge on any atom is 0.261 e. The van der Waals surface area contributed by atoms with Gasteiger partial charge in [0.05, 0.1) is 23.0 Å². The number of amides is 2. The summed E-state index contributed by atoms with van der Waals surface area (Å²) in [6, 6.07) is 15.1. The Hall–Kier alpha value is -3.32. The Kier molecular flexibility index (Phi) is 5.72. The Bertz CT molecular complexity index is 1110. The van der Waals surface area contributed by atoms with Gasteiger partial charge < -0.3 is 0 Å². The van der Waals surface area contributed by atoms with E-state index in [1.54, 1.807) is 24.4 Å². The number of benzene rings is 2. The lowest BCUT2D eigenvalue weighted by molar-refractivity contribution is 0.0648. The summed E-state index contributed by atoms with van der Waals surface area (Å²) < 4.78 is 0. The third kappa shape index (κ3) is 4.16. The Labute approximate surface area is 179 Å². The quantitative estimate of drug-likeness (QED) is 0.336. The summed E-state index contributed by atoms with van der Waals surface area (Å²) in [5, 5.41) is 6.88. The van der Waals surface area contributed by atoms with Crippen molar-refractivity contribution in [1.82, 2.24) is 9.88 Å².